The normalized spacial score (nSPS) is 23.8. The Labute approximate surface area is 146 Å². The number of urea groups is 1. The number of rotatable bonds is 4. The summed E-state index contributed by atoms with van der Waals surface area (Å²) in [6.07, 6.45) is 3.69. The molecule has 3 amide bonds. The Kier molecular flexibility index (Phi) is 5.53. The highest BCUT2D eigenvalue weighted by molar-refractivity contribution is 5.96. The topological polar surface area (TPSA) is 72.9 Å². The number of hydrogen-bond donors (Lipinski definition) is 2. The van der Waals surface area contributed by atoms with Crippen molar-refractivity contribution in [1.82, 2.24) is 10.2 Å². The fourth-order valence-corrected chi connectivity index (χ4v) is 3.67. The van der Waals surface area contributed by atoms with Gasteiger partial charge in [-0.05, 0) is 43.9 Å². The summed E-state index contributed by atoms with van der Waals surface area (Å²) in [6.45, 7) is 1.07. The first kappa shape index (κ1) is 17.7. The van der Waals surface area contributed by atoms with Gasteiger partial charge in [0.2, 0.25) is 5.91 Å². The Morgan fingerprint density at radius 1 is 1.36 bits per heavy atom. The number of aliphatic hydroxyl groups excluding tert-OH is 1. The largest absolute Gasteiger partial charge is 0.396 e. The van der Waals surface area contributed by atoms with Gasteiger partial charge in [0.25, 0.3) is 0 Å². The van der Waals surface area contributed by atoms with E-state index in [2.05, 4.69) is 5.32 Å². The molecule has 2 atom stereocenters. The second-order valence-electron chi connectivity index (χ2n) is 6.69. The van der Waals surface area contributed by atoms with E-state index in [1.54, 1.807) is 17.0 Å². The van der Waals surface area contributed by atoms with Crippen molar-refractivity contribution in [3.8, 4) is 0 Å². The van der Waals surface area contributed by atoms with Gasteiger partial charge in [0, 0.05) is 37.8 Å². The minimum atomic E-state index is -0.391. The molecule has 25 heavy (non-hydrogen) atoms. The Bertz CT molecular complexity index is 638. The van der Waals surface area contributed by atoms with Crippen LogP contribution in [0.1, 0.15) is 32.1 Å². The molecule has 0 radical (unpaired) electrons. The molecule has 0 unspecified atom stereocenters. The Hall–Kier alpha value is -2.15. The Morgan fingerprint density at radius 3 is 2.96 bits per heavy atom. The van der Waals surface area contributed by atoms with Crippen molar-refractivity contribution in [2.75, 3.05) is 24.6 Å². The number of halogens is 1. The van der Waals surface area contributed by atoms with Crippen LogP contribution in [0.5, 0.6) is 0 Å². The molecule has 3 rings (SSSR count). The highest BCUT2D eigenvalue weighted by atomic mass is 19.1. The molecule has 2 heterocycles. The first-order valence-corrected chi connectivity index (χ1v) is 8.82. The molecule has 2 aliphatic rings. The number of nitrogens with zero attached hydrogens (tertiary/aromatic N) is 2. The van der Waals surface area contributed by atoms with Crippen LogP contribution in [0, 0.1) is 5.82 Å². The first-order valence-electron chi connectivity index (χ1n) is 8.82. The van der Waals surface area contributed by atoms with E-state index in [4.69, 9.17) is 0 Å². The standard InChI is InChI=1S/C18H24FN3O3/c19-13-4-3-6-16(10-13)22-12-14(11-17(22)24)20-18(25)21-8-2-1-5-15(21)7-9-23/h3-4,6,10,14-15,23H,1-2,5,7-9,11-12H2,(H,20,25)/t14-,15+/m0/s1. The summed E-state index contributed by atoms with van der Waals surface area (Å²) >= 11 is 0. The number of carbonyl (C=O) groups excluding carboxylic acids is 2. The van der Waals surface area contributed by atoms with Crippen LogP contribution in [0.3, 0.4) is 0 Å². The van der Waals surface area contributed by atoms with Crippen LogP contribution in [-0.4, -0.2) is 53.7 Å². The van der Waals surface area contributed by atoms with E-state index in [1.807, 2.05) is 0 Å². The van der Waals surface area contributed by atoms with Crippen LogP contribution in [0.25, 0.3) is 0 Å². The van der Waals surface area contributed by atoms with Crippen LogP contribution in [0.2, 0.25) is 0 Å². The molecule has 7 heteroatoms. The van der Waals surface area contributed by atoms with Gasteiger partial charge in [-0.2, -0.15) is 0 Å². The monoisotopic (exact) mass is 349 g/mol. The third kappa shape index (κ3) is 4.10. The smallest absolute Gasteiger partial charge is 0.317 e. The Morgan fingerprint density at radius 2 is 2.20 bits per heavy atom. The summed E-state index contributed by atoms with van der Waals surface area (Å²) in [4.78, 5) is 28.1. The molecular formula is C18H24FN3O3. The number of hydrogen-bond acceptors (Lipinski definition) is 3. The maximum atomic E-state index is 13.4. The van der Waals surface area contributed by atoms with Crippen molar-refractivity contribution < 1.29 is 19.1 Å². The zero-order chi connectivity index (χ0) is 17.8. The quantitative estimate of drug-likeness (QED) is 0.872. The predicted octanol–water partition coefficient (Wildman–Crippen LogP) is 1.88. The van der Waals surface area contributed by atoms with Crippen LogP contribution in [0.15, 0.2) is 24.3 Å². The number of benzene rings is 1. The molecule has 2 saturated heterocycles. The maximum absolute atomic E-state index is 13.4. The third-order valence-electron chi connectivity index (χ3n) is 4.92. The number of carbonyl (C=O) groups is 2. The van der Waals surface area contributed by atoms with Gasteiger partial charge in [0.05, 0.1) is 6.04 Å². The van der Waals surface area contributed by atoms with Crippen LogP contribution in [-0.2, 0) is 4.79 Å². The zero-order valence-corrected chi connectivity index (χ0v) is 14.2. The SMILES string of the molecule is O=C1C[C@H](NC(=O)N2CCCC[C@@H]2CCO)CN1c1cccc(F)c1. The number of aliphatic hydroxyl groups is 1. The minimum Gasteiger partial charge on any atom is -0.396 e. The number of amides is 3. The zero-order valence-electron chi connectivity index (χ0n) is 14.2. The Balaban J connectivity index is 1.61. The average Bonchev–Trinajstić information content (AvgIpc) is 2.96. The van der Waals surface area contributed by atoms with Crippen LogP contribution < -0.4 is 10.2 Å². The molecule has 2 N–H and O–H groups in total. The molecule has 0 aromatic heterocycles. The second-order valence-corrected chi connectivity index (χ2v) is 6.69. The van der Waals surface area contributed by atoms with E-state index >= 15 is 0 Å². The molecule has 136 valence electrons. The highest BCUT2D eigenvalue weighted by Gasteiger charge is 2.34. The number of piperidine rings is 1. The maximum Gasteiger partial charge on any atom is 0.317 e. The lowest BCUT2D eigenvalue weighted by molar-refractivity contribution is -0.117. The summed E-state index contributed by atoms with van der Waals surface area (Å²) < 4.78 is 13.4. The van der Waals surface area contributed by atoms with Crippen molar-refractivity contribution in [1.29, 1.82) is 0 Å². The van der Waals surface area contributed by atoms with Gasteiger partial charge in [-0.25, -0.2) is 9.18 Å². The van der Waals surface area contributed by atoms with Gasteiger partial charge in [0.1, 0.15) is 5.82 Å². The summed E-state index contributed by atoms with van der Waals surface area (Å²) in [5, 5.41) is 12.1. The van der Waals surface area contributed by atoms with Gasteiger partial charge < -0.3 is 20.2 Å². The summed E-state index contributed by atoms with van der Waals surface area (Å²) in [6, 6.07) is 5.49. The molecule has 0 saturated carbocycles. The van der Waals surface area contributed by atoms with E-state index in [-0.39, 0.29) is 37.0 Å². The van der Waals surface area contributed by atoms with Crippen LogP contribution in [0.4, 0.5) is 14.9 Å². The van der Waals surface area contributed by atoms with Crippen molar-refractivity contribution >= 4 is 17.6 Å². The van der Waals surface area contributed by atoms with Crippen molar-refractivity contribution in [3.63, 3.8) is 0 Å². The lowest BCUT2D eigenvalue weighted by atomic mass is 10.00. The van der Waals surface area contributed by atoms with Crippen LogP contribution >= 0.6 is 0 Å². The van der Waals surface area contributed by atoms with Gasteiger partial charge in [0.15, 0.2) is 0 Å². The van der Waals surface area contributed by atoms with Gasteiger partial charge in [-0.1, -0.05) is 6.07 Å². The summed E-state index contributed by atoms with van der Waals surface area (Å²) in [5.41, 5.74) is 0.512. The molecule has 0 bridgehead atoms. The van der Waals surface area contributed by atoms with E-state index in [0.29, 0.717) is 25.2 Å². The van der Waals surface area contributed by atoms with Gasteiger partial charge in [-0.15, -0.1) is 0 Å². The van der Waals surface area contributed by atoms with E-state index in [1.165, 1.54) is 17.0 Å². The van der Waals surface area contributed by atoms with Gasteiger partial charge in [-0.3, -0.25) is 4.79 Å². The predicted molar refractivity (Wildman–Crippen MR) is 91.7 cm³/mol. The summed E-state index contributed by atoms with van der Waals surface area (Å²) in [5.74, 6) is -0.514. The summed E-state index contributed by atoms with van der Waals surface area (Å²) in [7, 11) is 0. The molecule has 6 nitrogen and oxygen atoms in total. The molecule has 1 aromatic carbocycles. The third-order valence-corrected chi connectivity index (χ3v) is 4.92. The molecule has 2 fully saturated rings. The lowest BCUT2D eigenvalue weighted by Crippen LogP contribution is -2.52. The van der Waals surface area contributed by atoms with Gasteiger partial charge >= 0.3 is 6.03 Å². The number of anilines is 1. The van der Waals surface area contributed by atoms with Crippen molar-refractivity contribution in [2.24, 2.45) is 0 Å². The van der Waals surface area contributed by atoms with E-state index < -0.39 is 5.82 Å². The molecular weight excluding hydrogens is 325 g/mol. The molecule has 0 aliphatic carbocycles. The molecule has 1 aromatic rings. The molecule has 2 aliphatic heterocycles. The van der Waals surface area contributed by atoms with E-state index in [9.17, 15) is 19.1 Å². The fraction of sp³-hybridized carbons (Fsp3) is 0.556. The second kappa shape index (κ2) is 7.82. The van der Waals surface area contributed by atoms with Crippen molar-refractivity contribution in [3.05, 3.63) is 30.1 Å². The number of nitrogens with one attached hydrogen (secondary N) is 1. The van der Waals surface area contributed by atoms with E-state index in [0.717, 1.165) is 19.3 Å². The average molecular weight is 349 g/mol. The number of likely N-dealkylation sites (tertiary alicyclic amines) is 1. The van der Waals surface area contributed by atoms with Crippen molar-refractivity contribution in [2.45, 2.75) is 44.2 Å². The minimum absolute atomic E-state index is 0.0511. The highest BCUT2D eigenvalue weighted by Crippen LogP contribution is 2.23. The fourth-order valence-electron chi connectivity index (χ4n) is 3.67. The first-order chi connectivity index (χ1) is 12.1. The molecule has 0 spiro atoms. The lowest BCUT2D eigenvalue weighted by Gasteiger charge is -2.36.